The van der Waals surface area contributed by atoms with Crippen LogP contribution in [0.4, 0.5) is 11.4 Å². The maximum absolute atomic E-state index is 5.63. The van der Waals surface area contributed by atoms with Crippen LogP contribution in [0.1, 0.15) is 34.3 Å². The van der Waals surface area contributed by atoms with E-state index in [1.54, 1.807) is 0 Å². The van der Waals surface area contributed by atoms with Gasteiger partial charge in [0.15, 0.2) is 0 Å². The Morgan fingerprint density at radius 3 is 0.920 bits per heavy atom. The topological polar surface area (TPSA) is 28.2 Å². The molecule has 4 heteroatoms. The van der Waals surface area contributed by atoms with Crippen molar-refractivity contribution in [3.8, 4) is 11.1 Å². The van der Waals surface area contributed by atoms with Crippen LogP contribution in [-0.4, -0.2) is 0 Å². The minimum Gasteiger partial charge on any atom is -0.674 e. The van der Waals surface area contributed by atoms with Crippen LogP contribution in [0.25, 0.3) is 43.3 Å². The van der Waals surface area contributed by atoms with Crippen LogP contribution in [0.15, 0.2) is 194 Å². The molecular weight excluding hydrogens is 668 g/mol. The number of fused-ring (bicyclic) bond motifs is 2. The predicted octanol–water partition coefficient (Wildman–Crippen LogP) is 13.9. The Morgan fingerprint density at radius 1 is 0.320 bits per heavy atom. The van der Waals surface area contributed by atoms with Crippen LogP contribution in [0.2, 0.25) is 0 Å². The number of nitrogens with zero attached hydrogens (tertiary/aromatic N) is 2. The van der Waals surface area contributed by atoms with E-state index in [0.29, 0.717) is 0 Å². The quantitative estimate of drug-likeness (QED) is 0.143. The van der Waals surface area contributed by atoms with Crippen molar-refractivity contribution in [1.82, 2.24) is 0 Å². The fraction of sp³-hybridized carbons (Fsp3) is 0.0435. The summed E-state index contributed by atoms with van der Waals surface area (Å²) < 4.78 is 0. The Bertz CT molecular complexity index is 2050. The molecular formula is C46H34ClCrN2. The Balaban J connectivity index is 0.00000193. The fourth-order valence-corrected chi connectivity index (χ4v) is 6.76. The predicted molar refractivity (Wildman–Crippen MR) is 208 cm³/mol. The first-order chi connectivity index (χ1) is 24.8. The summed E-state index contributed by atoms with van der Waals surface area (Å²) in [4.78, 5) is 0. The van der Waals surface area contributed by atoms with Gasteiger partial charge in [0.1, 0.15) is 0 Å². The van der Waals surface area contributed by atoms with E-state index in [1.807, 2.05) is 0 Å². The molecule has 0 bridgehead atoms. The first kappa shape index (κ1) is 33.2. The Morgan fingerprint density at radius 2 is 0.600 bits per heavy atom. The molecule has 0 unspecified atom stereocenters. The van der Waals surface area contributed by atoms with Gasteiger partial charge in [-0.05, 0) is 32.7 Å². The smallest absolute Gasteiger partial charge is 0.0118 e. The molecule has 8 aromatic rings. The number of halogens is 1. The first-order valence-corrected chi connectivity index (χ1v) is 18.4. The molecule has 0 saturated carbocycles. The molecule has 2 nitrogen and oxygen atoms in total. The molecule has 0 aliphatic rings. The van der Waals surface area contributed by atoms with Crippen LogP contribution >= 0.6 is 10.0 Å². The van der Waals surface area contributed by atoms with Crippen molar-refractivity contribution in [2.24, 2.45) is 0 Å². The zero-order valence-electron chi connectivity index (χ0n) is 27.3. The summed E-state index contributed by atoms with van der Waals surface area (Å²) in [5.74, 6) is 0. The van der Waals surface area contributed by atoms with Crippen LogP contribution in [-0.2, 0) is 15.4 Å². The molecule has 0 amide bonds. The molecule has 0 heterocycles. The normalized spacial score (nSPS) is 10.9. The van der Waals surface area contributed by atoms with Gasteiger partial charge >= 0.3 is 25.4 Å². The summed E-state index contributed by atoms with van der Waals surface area (Å²) in [7, 11) is 4.51. The van der Waals surface area contributed by atoms with Gasteiger partial charge in [0.25, 0.3) is 0 Å². The van der Waals surface area contributed by atoms with E-state index in [2.05, 4.69) is 220 Å². The largest absolute Gasteiger partial charge is 0.674 e. The first-order valence-electron chi connectivity index (χ1n) is 16.6. The third kappa shape index (κ3) is 7.04. The van der Waals surface area contributed by atoms with Gasteiger partial charge < -0.3 is 10.6 Å². The van der Waals surface area contributed by atoms with Gasteiger partial charge in [0, 0.05) is 0 Å². The number of rotatable bonds is 9. The standard InChI is InChI=1S/C46H34N2.ClH.Cr/c1-5-19-35(20-6-1)45(36-21-7-2-8-22-36)47-41-31-29-33-17-13-15-27-39(33)43(41)44-40-28-16-14-18-34(40)30-32-42(44)48-46(37-23-9-3-10-24-37)38-25-11-4-12-26-38;;/h1-32,45-46H;1H;/q-2;;+3/p-1. The maximum atomic E-state index is 5.63. The van der Waals surface area contributed by atoms with Gasteiger partial charge in [-0.3, -0.25) is 0 Å². The second-order valence-electron chi connectivity index (χ2n) is 12.1. The van der Waals surface area contributed by atoms with Gasteiger partial charge in [0.05, 0.1) is 0 Å². The Kier molecular flexibility index (Phi) is 10.6. The maximum Gasteiger partial charge on any atom is -0.0118 e. The van der Waals surface area contributed by atoms with Crippen LogP contribution < -0.4 is 0 Å². The average molecular weight is 702 g/mol. The number of benzene rings is 8. The van der Waals surface area contributed by atoms with E-state index < -0.39 is 0 Å². The van der Waals surface area contributed by atoms with Crippen molar-refractivity contribution >= 4 is 43.0 Å². The Labute approximate surface area is 307 Å². The molecule has 0 atom stereocenters. The van der Waals surface area contributed by atoms with Crippen molar-refractivity contribution in [1.29, 1.82) is 0 Å². The number of hydrogen-bond donors (Lipinski definition) is 0. The zero-order valence-corrected chi connectivity index (χ0v) is 29.3. The van der Waals surface area contributed by atoms with E-state index in [-0.39, 0.29) is 12.1 Å². The molecule has 0 spiro atoms. The summed E-state index contributed by atoms with van der Waals surface area (Å²) in [5, 5.41) is 15.9. The summed E-state index contributed by atoms with van der Waals surface area (Å²) in [6.07, 6.45) is 0. The van der Waals surface area contributed by atoms with Crippen LogP contribution in [0, 0.1) is 0 Å². The minimum atomic E-state index is -0.177. The Hall–Kier alpha value is -5.30. The summed E-state index contributed by atoms with van der Waals surface area (Å²) in [6.45, 7) is 0. The second kappa shape index (κ2) is 15.9. The number of hydrogen-bond acceptors (Lipinski definition) is 0. The molecule has 50 heavy (non-hydrogen) atoms. The molecule has 0 saturated heterocycles. The van der Waals surface area contributed by atoms with Crippen molar-refractivity contribution < 1.29 is 15.4 Å². The zero-order chi connectivity index (χ0) is 34.1. The minimum absolute atomic E-state index is 0.177. The molecule has 8 rings (SSSR count). The molecule has 241 valence electrons. The van der Waals surface area contributed by atoms with E-state index in [4.69, 9.17) is 10.6 Å². The van der Waals surface area contributed by atoms with Crippen molar-refractivity contribution in [3.05, 3.63) is 227 Å². The second-order valence-corrected chi connectivity index (χ2v) is 12.1. The van der Waals surface area contributed by atoms with Crippen molar-refractivity contribution in [2.45, 2.75) is 12.1 Å². The third-order valence-corrected chi connectivity index (χ3v) is 9.06. The van der Waals surface area contributed by atoms with Crippen molar-refractivity contribution in [3.63, 3.8) is 0 Å². The fourth-order valence-electron chi connectivity index (χ4n) is 6.76. The summed E-state index contributed by atoms with van der Waals surface area (Å²) in [6, 6.07) is 68.1. The molecule has 8 aromatic carbocycles. The SMILES string of the molecule is [Cl][Cr+2].c1ccc(C([N-]c2ccc3ccccc3c2-c2c([N-]C(c3ccccc3)c3ccccc3)ccc3ccccc23)c2ccccc2)cc1. The van der Waals surface area contributed by atoms with Gasteiger partial charge in [-0.15, -0.1) is 11.4 Å². The molecule has 0 aliphatic heterocycles. The van der Waals surface area contributed by atoms with E-state index in [1.165, 1.54) is 10.8 Å². The average Bonchev–Trinajstić information content (AvgIpc) is 3.21. The summed E-state index contributed by atoms with van der Waals surface area (Å²) >= 11 is 2.10. The van der Waals surface area contributed by atoms with Crippen molar-refractivity contribution in [2.75, 3.05) is 0 Å². The molecule has 0 radical (unpaired) electrons. The molecule has 0 aromatic heterocycles. The van der Waals surface area contributed by atoms with Gasteiger partial charge in [-0.2, -0.15) is 0 Å². The van der Waals surface area contributed by atoms with E-state index in [9.17, 15) is 0 Å². The van der Waals surface area contributed by atoms with Crippen LogP contribution in [0.5, 0.6) is 0 Å². The van der Waals surface area contributed by atoms with Gasteiger partial charge in [0.2, 0.25) is 0 Å². The summed E-state index contributed by atoms with van der Waals surface area (Å²) in [5.41, 5.74) is 8.68. The van der Waals surface area contributed by atoms with E-state index >= 15 is 0 Å². The third-order valence-electron chi connectivity index (χ3n) is 9.06. The van der Waals surface area contributed by atoms with Gasteiger partial charge in [-0.25, -0.2) is 0 Å². The molecule has 0 fully saturated rings. The monoisotopic (exact) mass is 701 g/mol. The van der Waals surface area contributed by atoms with Gasteiger partial charge in [-0.1, -0.05) is 228 Å². The van der Waals surface area contributed by atoms with Crippen LogP contribution in [0.3, 0.4) is 0 Å². The van der Waals surface area contributed by atoms with E-state index in [0.717, 1.165) is 55.5 Å². The molecule has 0 N–H and O–H groups in total. The molecule has 0 aliphatic carbocycles.